The summed E-state index contributed by atoms with van der Waals surface area (Å²) in [6, 6.07) is 0. The molecule has 2 atom stereocenters. The van der Waals surface area contributed by atoms with Gasteiger partial charge in [-0.1, -0.05) is 0 Å². The first-order chi connectivity index (χ1) is 10.5. The maximum Gasteiger partial charge on any atom is 0.193 e. The minimum Gasteiger partial charge on any atom is -0.375 e. The van der Waals surface area contributed by atoms with Crippen molar-refractivity contribution in [2.75, 3.05) is 51.9 Å². The highest BCUT2D eigenvalue weighted by molar-refractivity contribution is 14.0. The van der Waals surface area contributed by atoms with Crippen molar-refractivity contribution >= 4 is 39.8 Å². The number of hydrogen-bond donors (Lipinski definition) is 1. The van der Waals surface area contributed by atoms with Crippen molar-refractivity contribution in [2.24, 2.45) is 4.99 Å². The molecule has 0 aliphatic carbocycles. The van der Waals surface area contributed by atoms with Crippen molar-refractivity contribution < 1.29 is 17.9 Å². The van der Waals surface area contributed by atoms with Crippen LogP contribution in [0.5, 0.6) is 0 Å². The first-order valence-corrected chi connectivity index (χ1v) is 9.92. The van der Waals surface area contributed by atoms with Gasteiger partial charge in [0.1, 0.15) is 15.9 Å². The van der Waals surface area contributed by atoms with Crippen LogP contribution < -0.4 is 5.32 Å². The Kier molecular flexibility index (Phi) is 9.09. The summed E-state index contributed by atoms with van der Waals surface area (Å²) in [7, 11) is -1.16. The molecule has 0 aromatic carbocycles. The maximum absolute atomic E-state index is 11.1. The third-order valence-electron chi connectivity index (χ3n) is 3.96. The summed E-state index contributed by atoms with van der Waals surface area (Å²) in [6.07, 6.45) is 4.27. The number of halogens is 1. The van der Waals surface area contributed by atoms with Crippen LogP contribution in [0.4, 0.5) is 0 Å². The van der Waals surface area contributed by atoms with Gasteiger partial charge >= 0.3 is 0 Å². The van der Waals surface area contributed by atoms with Gasteiger partial charge in [-0.15, -0.1) is 24.0 Å². The van der Waals surface area contributed by atoms with Crippen LogP contribution in [0.15, 0.2) is 4.99 Å². The fourth-order valence-electron chi connectivity index (χ4n) is 2.86. The number of aliphatic imine (C=N–C) groups is 1. The van der Waals surface area contributed by atoms with Gasteiger partial charge in [0.05, 0.1) is 18.5 Å². The molecule has 2 unspecified atom stereocenters. The van der Waals surface area contributed by atoms with Crippen molar-refractivity contribution in [3.63, 3.8) is 0 Å². The Bertz CT molecular complexity index is 480. The maximum atomic E-state index is 11.1. The summed E-state index contributed by atoms with van der Waals surface area (Å²) in [4.78, 5) is 6.46. The Morgan fingerprint density at radius 2 is 2.04 bits per heavy atom. The summed E-state index contributed by atoms with van der Waals surface area (Å²) >= 11 is 0. The van der Waals surface area contributed by atoms with E-state index in [1.165, 1.54) is 6.26 Å². The predicted octanol–water partition coefficient (Wildman–Crippen LogP) is 0.494. The molecular formula is C14H28IN3O4S. The normalized spacial score (nSPS) is 26.0. The number of morpholine rings is 1. The molecule has 2 aliphatic heterocycles. The third-order valence-corrected chi connectivity index (χ3v) is 4.99. The summed E-state index contributed by atoms with van der Waals surface area (Å²) in [5.74, 6) is 0.998. The molecule has 2 aliphatic rings. The van der Waals surface area contributed by atoms with Crippen LogP contribution >= 0.6 is 24.0 Å². The minimum atomic E-state index is -2.90. The monoisotopic (exact) mass is 461 g/mol. The second-order valence-electron chi connectivity index (χ2n) is 5.86. The van der Waals surface area contributed by atoms with Gasteiger partial charge in [0.25, 0.3) is 0 Å². The Morgan fingerprint density at radius 3 is 2.65 bits per heavy atom. The van der Waals surface area contributed by atoms with Crippen LogP contribution in [0, 0.1) is 0 Å². The summed E-state index contributed by atoms with van der Waals surface area (Å²) in [5, 5.41) is 3.24. The van der Waals surface area contributed by atoms with Crippen LogP contribution in [0.1, 0.15) is 19.3 Å². The van der Waals surface area contributed by atoms with E-state index >= 15 is 0 Å². The van der Waals surface area contributed by atoms with Gasteiger partial charge in [0.15, 0.2) is 5.96 Å². The molecule has 0 amide bonds. The standard InChI is InChI=1S/C14H27N3O4S.HI/c1-15-14(16-6-4-10-22(2,18)19)17-7-9-21-13(11-17)12-5-3-8-20-12;/h12-13H,3-11H2,1-2H3,(H,15,16);1H. The van der Waals surface area contributed by atoms with E-state index < -0.39 is 9.84 Å². The lowest BCUT2D eigenvalue weighted by Gasteiger charge is -2.37. The van der Waals surface area contributed by atoms with Gasteiger partial charge in [-0.2, -0.15) is 0 Å². The molecule has 1 N–H and O–H groups in total. The third kappa shape index (κ3) is 7.10. The molecule has 2 saturated heterocycles. The van der Waals surface area contributed by atoms with Gasteiger partial charge in [-0.05, 0) is 19.3 Å². The summed E-state index contributed by atoms with van der Waals surface area (Å²) < 4.78 is 33.8. The molecule has 7 nitrogen and oxygen atoms in total. The van der Waals surface area contributed by atoms with E-state index in [9.17, 15) is 8.42 Å². The zero-order chi connectivity index (χ0) is 16.0. The number of nitrogens with zero attached hydrogens (tertiary/aromatic N) is 2. The lowest BCUT2D eigenvalue weighted by Crippen LogP contribution is -2.53. The highest BCUT2D eigenvalue weighted by Gasteiger charge is 2.32. The van der Waals surface area contributed by atoms with Crippen molar-refractivity contribution in [1.82, 2.24) is 10.2 Å². The van der Waals surface area contributed by atoms with Crippen LogP contribution in [0.3, 0.4) is 0 Å². The molecule has 0 aromatic rings. The fraction of sp³-hybridized carbons (Fsp3) is 0.929. The van der Waals surface area contributed by atoms with E-state index in [0.29, 0.717) is 19.6 Å². The zero-order valence-corrected chi connectivity index (χ0v) is 17.0. The number of sulfone groups is 1. The van der Waals surface area contributed by atoms with Crippen molar-refractivity contribution in [3.8, 4) is 0 Å². The minimum absolute atomic E-state index is 0. The highest BCUT2D eigenvalue weighted by Crippen LogP contribution is 2.20. The number of nitrogens with one attached hydrogen (secondary N) is 1. The molecular weight excluding hydrogens is 433 g/mol. The molecule has 9 heteroatoms. The smallest absolute Gasteiger partial charge is 0.193 e. The highest BCUT2D eigenvalue weighted by atomic mass is 127. The van der Waals surface area contributed by atoms with E-state index in [2.05, 4.69) is 15.2 Å². The van der Waals surface area contributed by atoms with E-state index in [1.807, 2.05) is 0 Å². The topological polar surface area (TPSA) is 80.2 Å². The summed E-state index contributed by atoms with van der Waals surface area (Å²) in [5.41, 5.74) is 0. The molecule has 0 spiro atoms. The molecule has 23 heavy (non-hydrogen) atoms. The fourth-order valence-corrected chi connectivity index (χ4v) is 3.52. The Morgan fingerprint density at radius 1 is 1.30 bits per heavy atom. The first-order valence-electron chi connectivity index (χ1n) is 7.86. The lowest BCUT2D eigenvalue weighted by atomic mass is 10.1. The van der Waals surface area contributed by atoms with E-state index in [1.54, 1.807) is 7.05 Å². The molecule has 2 fully saturated rings. The average molecular weight is 461 g/mol. The van der Waals surface area contributed by atoms with Crippen LogP contribution in [0.2, 0.25) is 0 Å². The predicted molar refractivity (Wildman–Crippen MR) is 101 cm³/mol. The number of rotatable bonds is 5. The van der Waals surface area contributed by atoms with Gasteiger partial charge < -0.3 is 19.7 Å². The zero-order valence-electron chi connectivity index (χ0n) is 13.9. The van der Waals surface area contributed by atoms with Crippen molar-refractivity contribution in [1.29, 1.82) is 0 Å². The van der Waals surface area contributed by atoms with E-state index in [4.69, 9.17) is 9.47 Å². The second-order valence-corrected chi connectivity index (χ2v) is 8.12. The summed E-state index contributed by atoms with van der Waals surface area (Å²) in [6.45, 7) is 3.63. The SMILES string of the molecule is CN=C(NCCCS(C)(=O)=O)N1CCOC(C2CCCO2)C1.I. The quantitative estimate of drug-likeness (QED) is 0.278. The van der Waals surface area contributed by atoms with Crippen molar-refractivity contribution in [3.05, 3.63) is 0 Å². The number of hydrogen-bond acceptors (Lipinski definition) is 5. The van der Waals surface area contributed by atoms with Crippen LogP contribution in [0.25, 0.3) is 0 Å². The lowest BCUT2D eigenvalue weighted by molar-refractivity contribution is -0.0816. The van der Waals surface area contributed by atoms with Gasteiger partial charge in [-0.3, -0.25) is 4.99 Å². The molecule has 136 valence electrons. The Hall–Kier alpha value is -0.130. The Labute approximate surface area is 156 Å². The average Bonchev–Trinajstić information content (AvgIpc) is 3.01. The van der Waals surface area contributed by atoms with E-state index in [-0.39, 0.29) is 41.9 Å². The van der Waals surface area contributed by atoms with Gasteiger partial charge in [0.2, 0.25) is 0 Å². The molecule has 2 rings (SSSR count). The second kappa shape index (κ2) is 10.00. The molecule has 0 bridgehead atoms. The first kappa shape index (κ1) is 20.9. The molecule has 0 aromatic heterocycles. The largest absolute Gasteiger partial charge is 0.375 e. The molecule has 2 heterocycles. The van der Waals surface area contributed by atoms with Crippen LogP contribution in [-0.2, 0) is 19.3 Å². The number of ether oxygens (including phenoxy) is 2. The van der Waals surface area contributed by atoms with Crippen LogP contribution in [-0.4, -0.2) is 83.4 Å². The van der Waals surface area contributed by atoms with E-state index in [0.717, 1.165) is 38.5 Å². The Balaban J connectivity index is 0.00000264. The van der Waals surface area contributed by atoms with Gasteiger partial charge in [-0.25, -0.2) is 8.42 Å². The molecule has 0 saturated carbocycles. The molecule has 0 radical (unpaired) electrons. The number of guanidine groups is 1. The van der Waals surface area contributed by atoms with Crippen molar-refractivity contribution in [2.45, 2.75) is 31.5 Å². The van der Waals surface area contributed by atoms with Gasteiger partial charge in [0, 0.05) is 39.5 Å².